The van der Waals surface area contributed by atoms with Crippen molar-refractivity contribution in [3.63, 3.8) is 0 Å². The molecule has 106 valence electrons. The fourth-order valence-corrected chi connectivity index (χ4v) is 2.14. The van der Waals surface area contributed by atoms with Gasteiger partial charge in [-0.2, -0.15) is 5.10 Å². The molecule has 2 aromatic rings. The number of aromatic nitrogens is 2. The SMILES string of the molecule is CCc1nn(C)cc1C(=O)NCc1ccccc1CO. The van der Waals surface area contributed by atoms with E-state index in [1.54, 1.807) is 17.9 Å². The summed E-state index contributed by atoms with van der Waals surface area (Å²) in [5, 5.41) is 16.4. The summed E-state index contributed by atoms with van der Waals surface area (Å²) in [5.41, 5.74) is 3.15. The van der Waals surface area contributed by atoms with E-state index in [4.69, 9.17) is 0 Å². The smallest absolute Gasteiger partial charge is 0.255 e. The molecule has 5 nitrogen and oxygen atoms in total. The molecule has 1 amide bonds. The molecule has 0 atom stereocenters. The summed E-state index contributed by atoms with van der Waals surface area (Å²) in [6, 6.07) is 7.51. The van der Waals surface area contributed by atoms with E-state index in [-0.39, 0.29) is 12.5 Å². The Bertz CT molecular complexity index is 605. The lowest BCUT2D eigenvalue weighted by Gasteiger charge is -2.08. The van der Waals surface area contributed by atoms with Gasteiger partial charge in [0.15, 0.2) is 0 Å². The predicted molar refractivity (Wildman–Crippen MR) is 76.1 cm³/mol. The molecule has 0 saturated heterocycles. The number of carbonyl (C=O) groups excluding carboxylic acids is 1. The monoisotopic (exact) mass is 273 g/mol. The molecular formula is C15H19N3O2. The maximum Gasteiger partial charge on any atom is 0.255 e. The largest absolute Gasteiger partial charge is 0.392 e. The summed E-state index contributed by atoms with van der Waals surface area (Å²) in [6.45, 7) is 2.34. The third kappa shape index (κ3) is 3.05. The van der Waals surface area contributed by atoms with Gasteiger partial charge in [0.25, 0.3) is 5.91 Å². The van der Waals surface area contributed by atoms with Crippen LogP contribution in [-0.4, -0.2) is 20.8 Å². The summed E-state index contributed by atoms with van der Waals surface area (Å²) < 4.78 is 1.65. The maximum absolute atomic E-state index is 12.2. The number of rotatable bonds is 5. The van der Waals surface area contributed by atoms with Gasteiger partial charge in [0, 0.05) is 19.8 Å². The van der Waals surface area contributed by atoms with Gasteiger partial charge in [0.05, 0.1) is 17.9 Å². The van der Waals surface area contributed by atoms with E-state index in [9.17, 15) is 9.90 Å². The first kappa shape index (κ1) is 14.3. The normalized spacial score (nSPS) is 10.6. The van der Waals surface area contributed by atoms with Gasteiger partial charge in [0.2, 0.25) is 0 Å². The molecule has 1 aromatic heterocycles. The molecule has 0 aliphatic heterocycles. The van der Waals surface area contributed by atoms with Crippen LogP contribution in [0.3, 0.4) is 0 Å². The van der Waals surface area contributed by atoms with Gasteiger partial charge in [-0.25, -0.2) is 0 Å². The third-order valence-corrected chi connectivity index (χ3v) is 3.21. The van der Waals surface area contributed by atoms with Crippen molar-refractivity contribution in [3.05, 3.63) is 52.8 Å². The Morgan fingerprint density at radius 3 is 2.70 bits per heavy atom. The van der Waals surface area contributed by atoms with Crippen molar-refractivity contribution in [2.45, 2.75) is 26.5 Å². The Labute approximate surface area is 118 Å². The van der Waals surface area contributed by atoms with Crippen LogP contribution >= 0.6 is 0 Å². The number of aliphatic hydroxyl groups excluding tert-OH is 1. The first-order chi connectivity index (χ1) is 9.65. The maximum atomic E-state index is 12.2. The van der Waals surface area contributed by atoms with Gasteiger partial charge in [0.1, 0.15) is 0 Å². The van der Waals surface area contributed by atoms with Gasteiger partial charge >= 0.3 is 0 Å². The Morgan fingerprint density at radius 1 is 1.35 bits per heavy atom. The lowest BCUT2D eigenvalue weighted by Crippen LogP contribution is -2.24. The van der Waals surface area contributed by atoms with E-state index in [0.717, 1.165) is 23.2 Å². The molecule has 0 spiro atoms. The number of aliphatic hydroxyl groups is 1. The van der Waals surface area contributed by atoms with Crippen molar-refractivity contribution in [2.24, 2.45) is 7.05 Å². The predicted octanol–water partition coefficient (Wildman–Crippen LogP) is 1.40. The molecule has 0 aliphatic rings. The highest BCUT2D eigenvalue weighted by molar-refractivity contribution is 5.95. The second-order valence-corrected chi connectivity index (χ2v) is 4.63. The van der Waals surface area contributed by atoms with Gasteiger partial charge in [-0.15, -0.1) is 0 Å². The summed E-state index contributed by atoms with van der Waals surface area (Å²) in [5.74, 6) is -0.136. The second kappa shape index (κ2) is 6.34. The number of aryl methyl sites for hydroxylation is 2. The zero-order valence-corrected chi connectivity index (χ0v) is 11.8. The van der Waals surface area contributed by atoms with Gasteiger partial charge < -0.3 is 10.4 Å². The molecule has 1 heterocycles. The van der Waals surface area contributed by atoms with E-state index >= 15 is 0 Å². The van der Waals surface area contributed by atoms with E-state index in [1.165, 1.54) is 0 Å². The van der Waals surface area contributed by atoms with Crippen molar-refractivity contribution in [2.75, 3.05) is 0 Å². The summed E-state index contributed by atoms with van der Waals surface area (Å²) in [4.78, 5) is 12.2. The van der Waals surface area contributed by atoms with Crippen LogP contribution in [-0.2, 0) is 26.6 Å². The molecule has 1 aromatic carbocycles. The van der Waals surface area contributed by atoms with Crippen molar-refractivity contribution >= 4 is 5.91 Å². The van der Waals surface area contributed by atoms with Crippen LogP contribution in [0, 0.1) is 0 Å². The lowest BCUT2D eigenvalue weighted by molar-refractivity contribution is 0.0949. The van der Waals surface area contributed by atoms with E-state index in [2.05, 4.69) is 10.4 Å². The number of nitrogens with one attached hydrogen (secondary N) is 1. The number of hydrogen-bond acceptors (Lipinski definition) is 3. The summed E-state index contributed by atoms with van der Waals surface area (Å²) in [6.07, 6.45) is 2.45. The molecule has 2 N–H and O–H groups in total. The highest BCUT2D eigenvalue weighted by Crippen LogP contribution is 2.10. The van der Waals surface area contributed by atoms with E-state index < -0.39 is 0 Å². The Hall–Kier alpha value is -2.14. The molecule has 0 fully saturated rings. The van der Waals surface area contributed by atoms with Crippen LogP contribution in [0.1, 0.15) is 34.1 Å². The fourth-order valence-electron chi connectivity index (χ4n) is 2.14. The highest BCUT2D eigenvalue weighted by atomic mass is 16.3. The van der Waals surface area contributed by atoms with Crippen molar-refractivity contribution in [1.82, 2.24) is 15.1 Å². The molecule has 0 bridgehead atoms. The Balaban J connectivity index is 2.08. The van der Waals surface area contributed by atoms with Crippen LogP contribution in [0.2, 0.25) is 0 Å². The van der Waals surface area contributed by atoms with Crippen molar-refractivity contribution < 1.29 is 9.90 Å². The highest BCUT2D eigenvalue weighted by Gasteiger charge is 2.14. The van der Waals surface area contributed by atoms with Crippen LogP contribution in [0.4, 0.5) is 0 Å². The number of carbonyl (C=O) groups is 1. The fraction of sp³-hybridized carbons (Fsp3) is 0.333. The van der Waals surface area contributed by atoms with Gasteiger partial charge in [-0.3, -0.25) is 9.48 Å². The average Bonchev–Trinajstić information content (AvgIpc) is 2.86. The molecule has 20 heavy (non-hydrogen) atoms. The van der Waals surface area contributed by atoms with Crippen LogP contribution in [0.15, 0.2) is 30.5 Å². The van der Waals surface area contributed by atoms with Crippen LogP contribution < -0.4 is 5.32 Å². The lowest BCUT2D eigenvalue weighted by atomic mass is 10.1. The van der Waals surface area contributed by atoms with Crippen LogP contribution in [0.5, 0.6) is 0 Å². The van der Waals surface area contributed by atoms with Crippen LogP contribution in [0.25, 0.3) is 0 Å². The minimum atomic E-state index is -0.136. The minimum absolute atomic E-state index is 0.0286. The van der Waals surface area contributed by atoms with Crippen molar-refractivity contribution in [3.8, 4) is 0 Å². The zero-order valence-electron chi connectivity index (χ0n) is 11.8. The number of benzene rings is 1. The van der Waals surface area contributed by atoms with E-state index in [1.807, 2.05) is 31.2 Å². The molecule has 0 radical (unpaired) electrons. The summed E-state index contributed by atoms with van der Waals surface area (Å²) in [7, 11) is 1.80. The number of hydrogen-bond donors (Lipinski definition) is 2. The summed E-state index contributed by atoms with van der Waals surface area (Å²) >= 11 is 0. The average molecular weight is 273 g/mol. The van der Waals surface area contributed by atoms with E-state index in [0.29, 0.717) is 12.1 Å². The molecule has 2 rings (SSSR count). The Morgan fingerprint density at radius 2 is 2.05 bits per heavy atom. The molecule has 0 saturated carbocycles. The first-order valence-corrected chi connectivity index (χ1v) is 6.64. The first-order valence-electron chi connectivity index (χ1n) is 6.64. The molecular weight excluding hydrogens is 254 g/mol. The third-order valence-electron chi connectivity index (χ3n) is 3.21. The quantitative estimate of drug-likeness (QED) is 0.865. The zero-order chi connectivity index (χ0) is 14.5. The standard InChI is InChI=1S/C15H19N3O2/c1-3-14-13(9-18(2)17-14)15(20)16-8-11-6-4-5-7-12(11)10-19/h4-7,9,19H,3,8,10H2,1-2H3,(H,16,20). The Kier molecular flexibility index (Phi) is 4.53. The second-order valence-electron chi connectivity index (χ2n) is 4.63. The molecule has 0 unspecified atom stereocenters. The topological polar surface area (TPSA) is 67.2 Å². The van der Waals surface area contributed by atoms with Crippen molar-refractivity contribution in [1.29, 1.82) is 0 Å². The van der Waals surface area contributed by atoms with Gasteiger partial charge in [-0.05, 0) is 17.5 Å². The minimum Gasteiger partial charge on any atom is -0.392 e. The number of amides is 1. The number of nitrogens with zero attached hydrogens (tertiary/aromatic N) is 2. The van der Waals surface area contributed by atoms with Gasteiger partial charge in [-0.1, -0.05) is 31.2 Å². The molecule has 0 aliphatic carbocycles. The molecule has 5 heteroatoms.